The van der Waals surface area contributed by atoms with Gasteiger partial charge in [-0.25, -0.2) is 18.4 Å². The molecule has 25 heavy (non-hydrogen) atoms. The van der Waals surface area contributed by atoms with Gasteiger partial charge in [-0.1, -0.05) is 17.7 Å². The summed E-state index contributed by atoms with van der Waals surface area (Å²) in [5.41, 5.74) is 1.93. The third kappa shape index (κ3) is 4.22. The van der Waals surface area contributed by atoms with Crippen LogP contribution in [-0.2, 0) is 9.84 Å². The first-order chi connectivity index (χ1) is 11.9. The lowest BCUT2D eigenvalue weighted by Gasteiger charge is -2.28. The van der Waals surface area contributed by atoms with Crippen molar-refractivity contribution in [3.63, 3.8) is 0 Å². The van der Waals surface area contributed by atoms with Gasteiger partial charge < -0.3 is 10.2 Å². The summed E-state index contributed by atoms with van der Waals surface area (Å²) < 4.78 is 23.6. The molecule has 2 heterocycles. The zero-order valence-electron chi connectivity index (χ0n) is 14.2. The molecule has 0 aliphatic carbocycles. The van der Waals surface area contributed by atoms with Crippen LogP contribution in [-0.4, -0.2) is 42.5 Å². The highest BCUT2D eigenvalue weighted by Gasteiger charge is 2.32. The molecule has 1 aromatic carbocycles. The van der Waals surface area contributed by atoms with Crippen LogP contribution in [0.15, 0.2) is 30.6 Å². The third-order valence-electron chi connectivity index (χ3n) is 4.40. The maximum Gasteiger partial charge on any atom is 0.152 e. The van der Waals surface area contributed by atoms with Crippen molar-refractivity contribution >= 4 is 38.8 Å². The predicted octanol–water partition coefficient (Wildman–Crippen LogP) is 3.20. The first kappa shape index (κ1) is 17.9. The second-order valence-corrected chi connectivity index (χ2v) is 8.85. The fraction of sp³-hybridized carbons (Fsp3) is 0.412. The molecule has 1 atom stereocenters. The summed E-state index contributed by atoms with van der Waals surface area (Å²) >= 11 is 6.06. The maximum absolute atomic E-state index is 11.8. The van der Waals surface area contributed by atoms with Crippen LogP contribution in [0.5, 0.6) is 0 Å². The SMILES string of the molecule is CCN(c1cc(Nc2cc(Cl)ccc2C)ncn1)C1CCS(=O)(=O)C1. The molecule has 1 aliphatic rings. The Balaban J connectivity index is 1.84. The van der Waals surface area contributed by atoms with Crippen LogP contribution in [0.25, 0.3) is 0 Å². The molecule has 1 N–H and O–H groups in total. The van der Waals surface area contributed by atoms with Gasteiger partial charge in [-0.2, -0.15) is 0 Å². The monoisotopic (exact) mass is 380 g/mol. The molecule has 1 saturated heterocycles. The van der Waals surface area contributed by atoms with Crippen molar-refractivity contribution in [3.8, 4) is 0 Å². The van der Waals surface area contributed by atoms with E-state index in [9.17, 15) is 8.42 Å². The zero-order valence-corrected chi connectivity index (χ0v) is 15.8. The van der Waals surface area contributed by atoms with Crippen molar-refractivity contribution in [1.29, 1.82) is 0 Å². The highest BCUT2D eigenvalue weighted by atomic mass is 35.5. The van der Waals surface area contributed by atoms with Gasteiger partial charge in [-0.3, -0.25) is 0 Å². The Morgan fingerprint density at radius 3 is 2.80 bits per heavy atom. The van der Waals surface area contributed by atoms with Gasteiger partial charge in [0.25, 0.3) is 0 Å². The van der Waals surface area contributed by atoms with E-state index in [0.717, 1.165) is 17.1 Å². The number of hydrogen-bond acceptors (Lipinski definition) is 6. The molecular weight excluding hydrogens is 360 g/mol. The van der Waals surface area contributed by atoms with Crippen LogP contribution in [0.3, 0.4) is 0 Å². The topological polar surface area (TPSA) is 75.2 Å². The number of benzene rings is 1. The largest absolute Gasteiger partial charge is 0.353 e. The first-order valence-electron chi connectivity index (χ1n) is 8.20. The number of halogens is 1. The zero-order chi connectivity index (χ0) is 18.0. The molecule has 6 nitrogen and oxygen atoms in total. The normalized spacial score (nSPS) is 18.9. The molecule has 1 unspecified atom stereocenters. The van der Waals surface area contributed by atoms with Crippen LogP contribution in [0.1, 0.15) is 18.9 Å². The second kappa shape index (κ2) is 7.17. The number of nitrogens with one attached hydrogen (secondary N) is 1. The Hall–Kier alpha value is -1.86. The van der Waals surface area contributed by atoms with Gasteiger partial charge in [0.05, 0.1) is 11.5 Å². The van der Waals surface area contributed by atoms with Gasteiger partial charge in [0.1, 0.15) is 18.0 Å². The molecular formula is C17H21ClN4O2S. The molecule has 1 fully saturated rings. The molecule has 8 heteroatoms. The predicted molar refractivity (Wildman–Crippen MR) is 102 cm³/mol. The minimum atomic E-state index is -2.94. The van der Waals surface area contributed by atoms with Gasteiger partial charge in [-0.15, -0.1) is 0 Å². The highest BCUT2D eigenvalue weighted by molar-refractivity contribution is 7.91. The average Bonchev–Trinajstić information content (AvgIpc) is 2.92. The molecule has 0 amide bonds. The molecule has 0 saturated carbocycles. The standard InChI is InChI=1S/C17H21ClN4O2S/c1-3-22(14-6-7-25(23,24)10-14)17-9-16(19-11-20-17)21-15-8-13(18)5-4-12(15)2/h4-5,8-9,11,14H,3,6-7,10H2,1-2H3,(H,19,20,21). The van der Waals surface area contributed by atoms with E-state index in [2.05, 4.69) is 15.3 Å². The van der Waals surface area contributed by atoms with E-state index >= 15 is 0 Å². The van der Waals surface area contributed by atoms with Gasteiger partial charge in [0.15, 0.2) is 9.84 Å². The van der Waals surface area contributed by atoms with E-state index in [1.807, 2.05) is 43.0 Å². The van der Waals surface area contributed by atoms with Crippen LogP contribution in [0, 0.1) is 6.92 Å². The van der Waals surface area contributed by atoms with Crippen LogP contribution in [0.4, 0.5) is 17.3 Å². The second-order valence-electron chi connectivity index (χ2n) is 6.19. The van der Waals surface area contributed by atoms with Crippen LogP contribution < -0.4 is 10.2 Å². The van der Waals surface area contributed by atoms with Gasteiger partial charge >= 0.3 is 0 Å². The molecule has 0 bridgehead atoms. The molecule has 3 rings (SSSR count). The van der Waals surface area contributed by atoms with Crippen molar-refractivity contribution in [2.24, 2.45) is 0 Å². The van der Waals surface area contributed by atoms with Gasteiger partial charge in [0, 0.05) is 29.4 Å². The number of anilines is 3. The van der Waals surface area contributed by atoms with E-state index in [-0.39, 0.29) is 17.5 Å². The smallest absolute Gasteiger partial charge is 0.152 e. The van der Waals surface area contributed by atoms with Crippen molar-refractivity contribution in [2.45, 2.75) is 26.3 Å². The molecule has 1 aromatic heterocycles. The van der Waals surface area contributed by atoms with E-state index in [4.69, 9.17) is 11.6 Å². The lowest BCUT2D eigenvalue weighted by atomic mass is 10.2. The number of sulfone groups is 1. The lowest BCUT2D eigenvalue weighted by molar-refractivity contribution is 0.599. The van der Waals surface area contributed by atoms with E-state index in [1.54, 1.807) is 0 Å². The average molecular weight is 381 g/mol. The molecule has 2 aromatic rings. The fourth-order valence-electron chi connectivity index (χ4n) is 3.07. The van der Waals surface area contributed by atoms with E-state index in [1.165, 1.54) is 6.33 Å². The maximum atomic E-state index is 11.8. The van der Waals surface area contributed by atoms with Crippen LogP contribution >= 0.6 is 11.6 Å². The Labute approximate surface area is 153 Å². The van der Waals surface area contributed by atoms with Gasteiger partial charge in [0.2, 0.25) is 0 Å². The first-order valence-corrected chi connectivity index (χ1v) is 10.4. The number of hydrogen-bond donors (Lipinski definition) is 1. The quantitative estimate of drug-likeness (QED) is 0.858. The minimum absolute atomic E-state index is 0.0364. The summed E-state index contributed by atoms with van der Waals surface area (Å²) in [4.78, 5) is 10.6. The van der Waals surface area contributed by atoms with Crippen molar-refractivity contribution in [2.75, 3.05) is 28.3 Å². The van der Waals surface area contributed by atoms with Crippen molar-refractivity contribution < 1.29 is 8.42 Å². The molecule has 0 spiro atoms. The van der Waals surface area contributed by atoms with Crippen molar-refractivity contribution in [3.05, 3.63) is 41.2 Å². The number of rotatable bonds is 5. The summed E-state index contributed by atoms with van der Waals surface area (Å²) in [6.45, 7) is 4.68. The molecule has 0 radical (unpaired) electrons. The molecule has 134 valence electrons. The Morgan fingerprint density at radius 1 is 1.32 bits per heavy atom. The Morgan fingerprint density at radius 2 is 2.12 bits per heavy atom. The Bertz CT molecular complexity index is 873. The van der Waals surface area contributed by atoms with Gasteiger partial charge in [-0.05, 0) is 38.0 Å². The Kier molecular flexibility index (Phi) is 5.15. The number of aromatic nitrogens is 2. The molecule has 1 aliphatic heterocycles. The minimum Gasteiger partial charge on any atom is -0.353 e. The van der Waals surface area contributed by atoms with E-state index in [0.29, 0.717) is 23.8 Å². The number of aryl methyl sites for hydroxylation is 1. The third-order valence-corrected chi connectivity index (χ3v) is 6.38. The van der Waals surface area contributed by atoms with Crippen LogP contribution in [0.2, 0.25) is 5.02 Å². The highest BCUT2D eigenvalue weighted by Crippen LogP contribution is 2.27. The number of nitrogens with zero attached hydrogens (tertiary/aromatic N) is 3. The summed E-state index contributed by atoms with van der Waals surface area (Å²) in [7, 11) is -2.94. The summed E-state index contributed by atoms with van der Waals surface area (Å²) in [5.74, 6) is 1.80. The summed E-state index contributed by atoms with van der Waals surface area (Å²) in [6, 6.07) is 7.43. The summed E-state index contributed by atoms with van der Waals surface area (Å²) in [6.07, 6.45) is 2.12. The lowest BCUT2D eigenvalue weighted by Crippen LogP contribution is -2.36. The fourth-order valence-corrected chi connectivity index (χ4v) is 4.97. The van der Waals surface area contributed by atoms with Crippen molar-refractivity contribution in [1.82, 2.24) is 9.97 Å². The summed E-state index contributed by atoms with van der Waals surface area (Å²) in [5, 5.41) is 3.91. The van der Waals surface area contributed by atoms with E-state index < -0.39 is 9.84 Å².